The molecule has 0 N–H and O–H groups in total. The largest absolute Gasteiger partial charge is 0.465 e. The van der Waals surface area contributed by atoms with Crippen LogP contribution in [-0.4, -0.2) is 46.6 Å². The summed E-state index contributed by atoms with van der Waals surface area (Å²) < 4.78 is 46.1. The lowest BCUT2D eigenvalue weighted by molar-refractivity contribution is 0.0554. The summed E-state index contributed by atoms with van der Waals surface area (Å²) in [6, 6.07) is 28.7. The van der Waals surface area contributed by atoms with Crippen LogP contribution in [0.15, 0.2) is 103 Å². The molecule has 0 aromatic heterocycles. The number of ketones is 1. The summed E-state index contributed by atoms with van der Waals surface area (Å²) in [6.07, 6.45) is -0.379. The Balaban J connectivity index is 1.79. The van der Waals surface area contributed by atoms with E-state index in [1.165, 1.54) is 18.2 Å². The molecule has 0 bridgehead atoms. The van der Waals surface area contributed by atoms with Crippen LogP contribution in [0.2, 0.25) is 0 Å². The molecule has 0 spiro atoms. The number of rotatable bonds is 12. The van der Waals surface area contributed by atoms with E-state index in [2.05, 4.69) is 0 Å². The molecule has 4 aromatic carbocycles. The fraction of sp³-hybridized carbons (Fsp3) is 0.182. The number of hydrogen-bond acceptors (Lipinski definition) is 9. The Morgan fingerprint density at radius 1 is 0.698 bits per heavy atom. The molecule has 0 radical (unpaired) electrons. The van der Waals surface area contributed by atoms with Crippen LogP contribution in [0.4, 0.5) is 0 Å². The maximum absolute atomic E-state index is 14.1. The molecule has 0 aliphatic rings. The van der Waals surface area contributed by atoms with E-state index in [9.17, 15) is 22.8 Å². The van der Waals surface area contributed by atoms with E-state index in [0.717, 1.165) is 26.0 Å². The predicted octanol–water partition coefficient (Wildman–Crippen LogP) is 5.81. The molecule has 0 saturated carbocycles. The van der Waals surface area contributed by atoms with Crippen LogP contribution < -0.4 is 4.74 Å². The van der Waals surface area contributed by atoms with E-state index in [4.69, 9.17) is 18.4 Å². The van der Waals surface area contributed by atoms with Gasteiger partial charge in [0.1, 0.15) is 17.6 Å². The summed E-state index contributed by atoms with van der Waals surface area (Å²) in [5.74, 6) is -1.97. The molecule has 0 heterocycles. The first-order valence-corrected chi connectivity index (χ1v) is 15.0. The van der Waals surface area contributed by atoms with Crippen molar-refractivity contribution < 1.29 is 41.2 Å². The van der Waals surface area contributed by atoms with Crippen LogP contribution in [0.3, 0.4) is 0 Å². The van der Waals surface area contributed by atoms with Gasteiger partial charge in [-0.05, 0) is 66.1 Å². The van der Waals surface area contributed by atoms with E-state index >= 15 is 0 Å². The molecule has 2 atom stereocenters. The van der Waals surface area contributed by atoms with Gasteiger partial charge in [-0.3, -0.25) is 8.98 Å². The SMILES string of the molecule is COC(=O)c1ccc(C(OS(C)(=O)=O)C(Cc2ccccc2)C(=O)c2ccc(Oc3ccccc3)cc2)cc1C(=O)OC. The third-order valence-corrected chi connectivity index (χ3v) is 7.14. The Kier molecular flexibility index (Phi) is 10.1. The maximum Gasteiger partial charge on any atom is 0.338 e. The summed E-state index contributed by atoms with van der Waals surface area (Å²) in [5.41, 5.74) is 0.976. The Morgan fingerprint density at radius 2 is 1.26 bits per heavy atom. The number of para-hydroxylation sites is 1. The normalized spacial score (nSPS) is 12.5. The van der Waals surface area contributed by atoms with Crippen LogP contribution in [0, 0.1) is 5.92 Å². The van der Waals surface area contributed by atoms with Crippen molar-refractivity contribution in [2.45, 2.75) is 12.5 Å². The molecule has 0 aliphatic carbocycles. The van der Waals surface area contributed by atoms with Gasteiger partial charge in [0, 0.05) is 5.56 Å². The summed E-state index contributed by atoms with van der Waals surface area (Å²) in [7, 11) is -1.81. The quantitative estimate of drug-likeness (QED) is 0.112. The maximum atomic E-state index is 14.1. The average Bonchev–Trinajstić information content (AvgIpc) is 3.02. The zero-order valence-electron chi connectivity index (χ0n) is 23.8. The topological polar surface area (TPSA) is 122 Å². The van der Waals surface area contributed by atoms with Gasteiger partial charge in [-0.25, -0.2) is 9.59 Å². The van der Waals surface area contributed by atoms with Crippen molar-refractivity contribution in [3.63, 3.8) is 0 Å². The van der Waals surface area contributed by atoms with Gasteiger partial charge in [0.25, 0.3) is 10.1 Å². The number of ether oxygens (including phenoxy) is 3. The van der Waals surface area contributed by atoms with Crippen molar-refractivity contribution in [2.24, 2.45) is 5.92 Å². The first-order valence-electron chi connectivity index (χ1n) is 13.2. The molecule has 0 saturated heterocycles. The minimum absolute atomic E-state index is 0.0869. The first kappa shape index (κ1) is 31.1. The predicted molar refractivity (Wildman–Crippen MR) is 159 cm³/mol. The molecule has 222 valence electrons. The monoisotopic (exact) mass is 602 g/mol. The second-order valence-electron chi connectivity index (χ2n) is 9.61. The minimum atomic E-state index is -4.12. The highest BCUT2D eigenvalue weighted by Crippen LogP contribution is 2.35. The fourth-order valence-corrected chi connectivity index (χ4v) is 5.20. The third-order valence-electron chi connectivity index (χ3n) is 6.58. The standard InChI is InChI=1S/C33H30O9S/c1-39-32(35)27-19-16-24(21-28(27)33(36)40-2)31(42-43(3,37)38)29(20-22-10-6-4-7-11-22)30(34)23-14-17-26(18-15-23)41-25-12-8-5-9-13-25/h4-19,21,29,31H,20H2,1-3H3. The Hall–Kier alpha value is -4.80. The fourth-order valence-electron chi connectivity index (χ4n) is 4.58. The second kappa shape index (κ2) is 13.9. The van der Waals surface area contributed by atoms with Gasteiger partial charge in [0.05, 0.1) is 37.5 Å². The van der Waals surface area contributed by atoms with Crippen molar-refractivity contribution in [3.05, 3.63) is 131 Å². The molecule has 10 heteroatoms. The highest BCUT2D eigenvalue weighted by molar-refractivity contribution is 7.86. The molecular formula is C33H30O9S. The Bertz CT molecular complexity index is 1680. The Labute approximate surface area is 250 Å². The van der Waals surface area contributed by atoms with Crippen LogP contribution >= 0.6 is 0 Å². The number of hydrogen-bond donors (Lipinski definition) is 0. The Morgan fingerprint density at radius 3 is 1.84 bits per heavy atom. The second-order valence-corrected chi connectivity index (χ2v) is 11.2. The molecule has 43 heavy (non-hydrogen) atoms. The zero-order chi connectivity index (χ0) is 31.0. The zero-order valence-corrected chi connectivity index (χ0v) is 24.6. The molecule has 9 nitrogen and oxygen atoms in total. The van der Waals surface area contributed by atoms with Crippen molar-refractivity contribution in [1.82, 2.24) is 0 Å². The number of Topliss-reactive ketones (excluding diaryl/α,β-unsaturated/α-hetero) is 1. The van der Waals surface area contributed by atoms with Crippen LogP contribution in [-0.2, 0) is 30.2 Å². The lowest BCUT2D eigenvalue weighted by Gasteiger charge is -2.27. The van der Waals surface area contributed by atoms with Crippen LogP contribution in [0.5, 0.6) is 11.5 Å². The summed E-state index contributed by atoms with van der Waals surface area (Å²) in [5, 5.41) is 0. The lowest BCUT2D eigenvalue weighted by atomic mass is 9.83. The molecule has 2 unspecified atom stereocenters. The van der Waals surface area contributed by atoms with E-state index in [1.807, 2.05) is 36.4 Å². The number of carbonyl (C=O) groups excluding carboxylic acids is 3. The van der Waals surface area contributed by atoms with Crippen LogP contribution in [0.1, 0.15) is 48.3 Å². The number of methoxy groups -OCH3 is 2. The number of carbonyl (C=O) groups is 3. The molecule has 0 fully saturated rings. The molecule has 4 rings (SSSR count). The van der Waals surface area contributed by atoms with E-state index in [-0.39, 0.29) is 23.1 Å². The number of benzene rings is 4. The summed E-state index contributed by atoms with van der Waals surface area (Å²) >= 11 is 0. The van der Waals surface area contributed by atoms with Crippen molar-refractivity contribution >= 4 is 27.8 Å². The van der Waals surface area contributed by atoms with E-state index in [1.54, 1.807) is 48.5 Å². The van der Waals surface area contributed by atoms with E-state index < -0.39 is 39.9 Å². The molecule has 4 aromatic rings. The minimum Gasteiger partial charge on any atom is -0.465 e. The smallest absolute Gasteiger partial charge is 0.338 e. The molecular weight excluding hydrogens is 572 g/mol. The van der Waals surface area contributed by atoms with Gasteiger partial charge in [-0.2, -0.15) is 8.42 Å². The molecule has 0 aliphatic heterocycles. The van der Waals surface area contributed by atoms with Gasteiger partial charge in [0.2, 0.25) is 0 Å². The highest BCUT2D eigenvalue weighted by atomic mass is 32.2. The third kappa shape index (κ3) is 8.15. The van der Waals surface area contributed by atoms with Crippen molar-refractivity contribution in [2.75, 3.05) is 20.5 Å². The van der Waals surface area contributed by atoms with Gasteiger partial charge >= 0.3 is 11.9 Å². The first-order chi connectivity index (χ1) is 20.6. The summed E-state index contributed by atoms with van der Waals surface area (Å²) in [4.78, 5) is 39.1. The molecule has 0 amide bonds. The average molecular weight is 603 g/mol. The summed E-state index contributed by atoms with van der Waals surface area (Å²) in [6.45, 7) is 0. The lowest BCUT2D eigenvalue weighted by Crippen LogP contribution is -2.29. The van der Waals surface area contributed by atoms with E-state index in [0.29, 0.717) is 17.1 Å². The van der Waals surface area contributed by atoms with Crippen LogP contribution in [0.25, 0.3) is 0 Å². The van der Waals surface area contributed by atoms with Crippen molar-refractivity contribution in [3.8, 4) is 11.5 Å². The number of esters is 2. The highest BCUT2D eigenvalue weighted by Gasteiger charge is 2.35. The van der Waals surface area contributed by atoms with Crippen molar-refractivity contribution in [1.29, 1.82) is 0 Å². The van der Waals surface area contributed by atoms with Gasteiger partial charge in [-0.15, -0.1) is 0 Å². The van der Waals surface area contributed by atoms with Gasteiger partial charge in [0.15, 0.2) is 5.78 Å². The van der Waals surface area contributed by atoms with Gasteiger partial charge in [-0.1, -0.05) is 54.6 Å². The van der Waals surface area contributed by atoms with Gasteiger partial charge < -0.3 is 14.2 Å².